The van der Waals surface area contributed by atoms with E-state index in [1.165, 1.54) is 30.3 Å². The second-order valence-electron chi connectivity index (χ2n) is 7.89. The van der Waals surface area contributed by atoms with Crippen molar-refractivity contribution in [3.8, 4) is 0 Å². The highest BCUT2D eigenvalue weighted by atomic mass is 32.2. The van der Waals surface area contributed by atoms with Crippen LogP contribution in [0.2, 0.25) is 0 Å². The van der Waals surface area contributed by atoms with Crippen molar-refractivity contribution in [3.05, 3.63) is 82.7 Å². The predicted molar refractivity (Wildman–Crippen MR) is 124 cm³/mol. The van der Waals surface area contributed by atoms with Crippen LogP contribution in [0.3, 0.4) is 0 Å². The van der Waals surface area contributed by atoms with E-state index in [0.29, 0.717) is 29.1 Å². The number of aromatic carboxylic acids is 1. The minimum Gasteiger partial charge on any atom is -0.478 e. The summed E-state index contributed by atoms with van der Waals surface area (Å²) in [7, 11) is -3.86. The molecule has 0 fully saturated rings. The van der Waals surface area contributed by atoms with E-state index >= 15 is 0 Å². The second-order valence-corrected chi connectivity index (χ2v) is 9.65. The molecule has 0 saturated carbocycles. The van der Waals surface area contributed by atoms with Crippen LogP contribution in [-0.2, 0) is 16.6 Å². The summed E-state index contributed by atoms with van der Waals surface area (Å²) >= 11 is 0. The molecule has 0 radical (unpaired) electrons. The molecule has 33 heavy (non-hydrogen) atoms. The van der Waals surface area contributed by atoms with Crippen LogP contribution >= 0.6 is 0 Å². The Balaban J connectivity index is 1.85. The molecular weight excluding hydrogens is 442 g/mol. The number of carbonyl (C=O) groups excluding carboxylic acids is 1. The Morgan fingerprint density at radius 2 is 1.73 bits per heavy atom. The quantitative estimate of drug-likeness (QED) is 0.509. The zero-order valence-corrected chi connectivity index (χ0v) is 19.7. The van der Waals surface area contributed by atoms with Crippen LogP contribution in [0.25, 0.3) is 0 Å². The fraction of sp³-hybridized carbons (Fsp3) is 0.292. The lowest BCUT2D eigenvalue weighted by molar-refractivity contribution is 0.0696. The second kappa shape index (κ2) is 9.99. The first-order valence-corrected chi connectivity index (χ1v) is 12.1. The molecule has 0 spiro atoms. The van der Waals surface area contributed by atoms with Crippen LogP contribution in [0.15, 0.2) is 59.5 Å². The maximum absolute atomic E-state index is 13.2. The van der Waals surface area contributed by atoms with Gasteiger partial charge in [-0.1, -0.05) is 25.5 Å². The summed E-state index contributed by atoms with van der Waals surface area (Å²) < 4.78 is 26.8. The lowest BCUT2D eigenvalue weighted by Gasteiger charge is -2.23. The molecule has 9 heteroatoms. The summed E-state index contributed by atoms with van der Waals surface area (Å²) in [5, 5.41) is 13.3. The molecule has 1 heterocycles. The lowest BCUT2D eigenvalue weighted by Crippen LogP contribution is -2.31. The van der Waals surface area contributed by atoms with Gasteiger partial charge < -0.3 is 10.0 Å². The van der Waals surface area contributed by atoms with Gasteiger partial charge in [0.2, 0.25) is 0 Å². The molecule has 0 aliphatic rings. The van der Waals surface area contributed by atoms with Crippen molar-refractivity contribution < 1.29 is 23.1 Å². The van der Waals surface area contributed by atoms with Crippen molar-refractivity contribution in [2.45, 2.75) is 45.1 Å². The molecule has 0 saturated heterocycles. The number of aromatic nitrogens is 2. The number of hydrogen-bond donors (Lipinski definition) is 1. The minimum atomic E-state index is -3.86. The van der Waals surface area contributed by atoms with E-state index in [-0.39, 0.29) is 22.9 Å². The van der Waals surface area contributed by atoms with Crippen molar-refractivity contribution in [2.75, 3.05) is 6.54 Å². The summed E-state index contributed by atoms with van der Waals surface area (Å²) in [6.07, 6.45) is 1.67. The zero-order chi connectivity index (χ0) is 24.2. The molecule has 3 aromatic rings. The van der Waals surface area contributed by atoms with E-state index < -0.39 is 16.0 Å². The molecule has 0 bridgehead atoms. The molecule has 1 amide bonds. The van der Waals surface area contributed by atoms with Crippen LogP contribution in [0.5, 0.6) is 0 Å². The van der Waals surface area contributed by atoms with Gasteiger partial charge >= 0.3 is 5.97 Å². The van der Waals surface area contributed by atoms with E-state index in [4.69, 9.17) is 0 Å². The van der Waals surface area contributed by atoms with Gasteiger partial charge in [-0.25, -0.2) is 4.79 Å². The first-order valence-electron chi connectivity index (χ1n) is 10.6. The number of benzene rings is 2. The summed E-state index contributed by atoms with van der Waals surface area (Å²) in [5.74, 6) is -1.28. The average molecular weight is 470 g/mol. The van der Waals surface area contributed by atoms with Gasteiger partial charge in [0, 0.05) is 18.7 Å². The van der Waals surface area contributed by atoms with Gasteiger partial charge in [0.1, 0.15) is 0 Å². The molecule has 0 aliphatic carbocycles. The van der Waals surface area contributed by atoms with Crippen LogP contribution in [0.4, 0.5) is 0 Å². The van der Waals surface area contributed by atoms with Gasteiger partial charge in [-0.15, -0.1) is 0 Å². The van der Waals surface area contributed by atoms with Crippen LogP contribution in [0, 0.1) is 13.8 Å². The number of rotatable bonds is 9. The molecule has 0 unspecified atom stereocenters. The van der Waals surface area contributed by atoms with E-state index in [1.807, 2.05) is 6.92 Å². The molecule has 0 aliphatic heterocycles. The Morgan fingerprint density at radius 3 is 2.30 bits per heavy atom. The summed E-state index contributed by atoms with van der Waals surface area (Å²) in [4.78, 5) is 26.2. The van der Waals surface area contributed by atoms with Crippen molar-refractivity contribution in [2.24, 2.45) is 0 Å². The number of unbranched alkanes of at least 4 members (excludes halogenated alkanes) is 1. The van der Waals surface area contributed by atoms with Crippen LogP contribution in [0.1, 0.15) is 57.4 Å². The van der Waals surface area contributed by atoms with E-state index in [9.17, 15) is 23.1 Å². The van der Waals surface area contributed by atoms with Crippen molar-refractivity contribution in [3.63, 3.8) is 0 Å². The Labute approximate surface area is 193 Å². The van der Waals surface area contributed by atoms with Crippen molar-refractivity contribution in [1.29, 1.82) is 0 Å². The molecule has 1 aromatic heterocycles. The Hall–Kier alpha value is -3.46. The van der Waals surface area contributed by atoms with Crippen LogP contribution in [-0.4, -0.2) is 46.0 Å². The van der Waals surface area contributed by atoms with E-state index in [2.05, 4.69) is 5.10 Å². The number of carboxylic acid groups (broad SMARTS) is 1. The number of carbonyl (C=O) groups is 2. The van der Waals surface area contributed by atoms with Gasteiger partial charge in [0.05, 0.1) is 21.8 Å². The molecule has 3 rings (SSSR count). The monoisotopic (exact) mass is 469 g/mol. The van der Waals surface area contributed by atoms with Crippen LogP contribution < -0.4 is 0 Å². The highest BCUT2D eigenvalue weighted by molar-refractivity contribution is 7.89. The molecule has 2 aromatic carbocycles. The molecular formula is C24H27N3O5S. The maximum atomic E-state index is 13.2. The van der Waals surface area contributed by atoms with E-state index in [0.717, 1.165) is 16.9 Å². The smallest absolute Gasteiger partial charge is 0.335 e. The lowest BCUT2D eigenvalue weighted by atomic mass is 10.1. The minimum absolute atomic E-state index is 0.0412. The van der Waals surface area contributed by atoms with Gasteiger partial charge in [-0.3, -0.25) is 4.79 Å². The third-order valence-electron chi connectivity index (χ3n) is 5.21. The van der Waals surface area contributed by atoms with Gasteiger partial charge in [0.15, 0.2) is 0 Å². The molecule has 0 atom stereocenters. The molecule has 8 nitrogen and oxygen atoms in total. The van der Waals surface area contributed by atoms with E-state index in [1.54, 1.807) is 43.0 Å². The summed E-state index contributed by atoms with van der Waals surface area (Å²) in [6.45, 7) is 6.16. The third kappa shape index (κ3) is 5.48. The average Bonchev–Trinajstić information content (AvgIpc) is 3.15. The van der Waals surface area contributed by atoms with Gasteiger partial charge in [0.25, 0.3) is 15.9 Å². The number of amides is 1. The SMILES string of the molecule is CCCCN(Cc1cccc(C(=O)O)c1)C(=O)c1ccc(S(=O)(=O)n2nc(C)cc2C)cc1. The third-order valence-corrected chi connectivity index (χ3v) is 6.90. The topological polar surface area (TPSA) is 110 Å². The van der Waals surface area contributed by atoms with Crippen molar-refractivity contribution >= 4 is 21.9 Å². The largest absolute Gasteiger partial charge is 0.478 e. The Morgan fingerprint density at radius 1 is 1.03 bits per heavy atom. The first-order chi connectivity index (χ1) is 15.6. The van der Waals surface area contributed by atoms with Gasteiger partial charge in [-0.05, 0) is 68.3 Å². The maximum Gasteiger partial charge on any atom is 0.335 e. The summed E-state index contributed by atoms with van der Waals surface area (Å²) in [5.41, 5.74) is 2.33. The fourth-order valence-corrected chi connectivity index (χ4v) is 4.88. The van der Waals surface area contributed by atoms with Crippen molar-refractivity contribution in [1.82, 2.24) is 14.1 Å². The number of carboxylic acids is 1. The Bertz CT molecular complexity index is 1260. The number of aryl methyl sites for hydroxylation is 2. The molecule has 174 valence electrons. The first kappa shape index (κ1) is 24.2. The normalized spacial score (nSPS) is 11.4. The number of nitrogens with zero attached hydrogens (tertiary/aromatic N) is 3. The Kier molecular flexibility index (Phi) is 7.33. The standard InChI is InChI=1S/C24H27N3O5S/c1-4-5-13-26(16-19-7-6-8-21(15-19)24(29)30)23(28)20-9-11-22(12-10-20)33(31,32)27-18(3)14-17(2)25-27/h6-12,14-15H,4-5,13,16H2,1-3H3,(H,29,30). The van der Waals surface area contributed by atoms with Gasteiger partial charge in [-0.2, -0.15) is 17.6 Å². The predicted octanol–water partition coefficient (Wildman–Crippen LogP) is 3.88. The highest BCUT2D eigenvalue weighted by Gasteiger charge is 2.22. The fourth-order valence-electron chi connectivity index (χ4n) is 3.53. The molecule has 1 N–H and O–H groups in total. The highest BCUT2D eigenvalue weighted by Crippen LogP contribution is 2.19. The number of hydrogen-bond acceptors (Lipinski definition) is 5. The summed E-state index contributed by atoms with van der Waals surface area (Å²) in [6, 6.07) is 14.0. The zero-order valence-electron chi connectivity index (χ0n) is 18.9.